The molecule has 7 atom stereocenters. The minimum atomic E-state index is -1.33. The van der Waals surface area contributed by atoms with E-state index < -0.39 is 71.1 Å². The van der Waals surface area contributed by atoms with Crippen LogP contribution in [0.1, 0.15) is 117 Å². The Bertz CT molecular complexity index is 2150. The van der Waals surface area contributed by atoms with Crippen LogP contribution in [0.15, 0.2) is 54.6 Å². The largest absolute Gasteiger partial charge is 0.495 e. The lowest BCUT2D eigenvalue weighted by Crippen LogP contribution is -2.54. The number of carboxylic acid groups (broad SMARTS) is 1. The van der Waals surface area contributed by atoms with Crippen molar-refractivity contribution in [1.82, 2.24) is 26.6 Å². The standard InChI is InChI=1S/C50H71ClN6O12/c1-28(2)23-38(48(64)65)68-49(66)50(7,8)27-54-46(62)36(25-33-19-22-37(67-9)35(51)24-33)56-40(59)15-11-10-13-30(5)43-44(69-43)34-20-17-32(18-21-34)26-53-45(61)31(6)55-47(63)42(29(3)4)57-41(60)16-12-14-39(52)58/h11,15,17-22,24,28-31,36,38,42-44H,10,12-14,16,23,25-27H2,1-9H3,(H2,52,58)(H,53,61)(H,54,62)(H,55,63)(H,56,59)(H,57,60)(H,64,65)/b15-11+/t30?,31?,36-,38+,42+,43?,44?/m1/s1. The average Bonchev–Trinajstić information content (AvgIpc) is 4.08. The molecule has 69 heavy (non-hydrogen) atoms. The van der Waals surface area contributed by atoms with E-state index in [1.165, 1.54) is 27.0 Å². The Hall–Kier alpha value is -6.01. The summed E-state index contributed by atoms with van der Waals surface area (Å²) in [7, 11) is 1.48. The fourth-order valence-electron chi connectivity index (χ4n) is 7.20. The summed E-state index contributed by atoms with van der Waals surface area (Å²) < 4.78 is 16.6. The summed E-state index contributed by atoms with van der Waals surface area (Å²) in [6, 6.07) is 9.87. The van der Waals surface area contributed by atoms with Crippen LogP contribution in [-0.2, 0) is 60.8 Å². The van der Waals surface area contributed by atoms with Gasteiger partial charge in [0.1, 0.15) is 30.0 Å². The van der Waals surface area contributed by atoms with Crippen molar-refractivity contribution < 1.29 is 57.7 Å². The molecule has 0 aliphatic carbocycles. The summed E-state index contributed by atoms with van der Waals surface area (Å²) in [4.78, 5) is 101. The molecule has 18 nitrogen and oxygen atoms in total. The first kappa shape index (κ1) is 57.3. The van der Waals surface area contributed by atoms with Crippen LogP contribution in [-0.4, -0.2) is 96.5 Å². The number of methoxy groups -OCH3 is 1. The van der Waals surface area contributed by atoms with E-state index in [2.05, 4.69) is 33.5 Å². The van der Waals surface area contributed by atoms with Crippen LogP contribution in [0.2, 0.25) is 5.02 Å². The average molecular weight is 984 g/mol. The zero-order chi connectivity index (χ0) is 51.6. The summed E-state index contributed by atoms with van der Waals surface area (Å²) >= 11 is 6.35. The number of carboxylic acids is 1. The van der Waals surface area contributed by atoms with Gasteiger partial charge in [0.2, 0.25) is 35.4 Å². The van der Waals surface area contributed by atoms with Gasteiger partial charge in [-0.2, -0.15) is 0 Å². The second-order valence-electron chi connectivity index (χ2n) is 19.0. The highest BCUT2D eigenvalue weighted by atomic mass is 35.5. The molecular formula is C50H71ClN6O12. The molecule has 3 rings (SSSR count). The van der Waals surface area contributed by atoms with Crippen molar-refractivity contribution >= 4 is 59.0 Å². The number of aliphatic carboxylic acids is 1. The van der Waals surface area contributed by atoms with Crippen LogP contribution >= 0.6 is 11.6 Å². The number of epoxide rings is 1. The molecule has 6 amide bonds. The van der Waals surface area contributed by atoms with Gasteiger partial charge in [-0.25, -0.2) is 4.79 Å². The number of nitrogens with one attached hydrogen (secondary N) is 5. The maximum absolute atomic E-state index is 13.6. The predicted octanol–water partition coefficient (Wildman–Crippen LogP) is 4.59. The first-order chi connectivity index (χ1) is 32.4. The molecule has 2 aromatic rings. The molecule has 1 aliphatic rings. The van der Waals surface area contributed by atoms with Crippen LogP contribution < -0.4 is 37.1 Å². The molecule has 1 aliphatic heterocycles. The smallest absolute Gasteiger partial charge is 0.345 e. The number of amides is 6. The van der Waals surface area contributed by atoms with Gasteiger partial charge in [0.05, 0.1) is 23.7 Å². The van der Waals surface area contributed by atoms with Crippen LogP contribution in [0.25, 0.3) is 0 Å². The van der Waals surface area contributed by atoms with Gasteiger partial charge in [-0.1, -0.05) is 82.6 Å². The molecule has 4 unspecified atom stereocenters. The number of carbonyl (C=O) groups excluding carboxylic acids is 7. The summed E-state index contributed by atoms with van der Waals surface area (Å²) in [5, 5.41) is 23.5. The van der Waals surface area contributed by atoms with Gasteiger partial charge in [0.25, 0.3) is 0 Å². The summed E-state index contributed by atoms with van der Waals surface area (Å²) in [5.41, 5.74) is 6.30. The van der Waals surface area contributed by atoms with Gasteiger partial charge >= 0.3 is 11.9 Å². The van der Waals surface area contributed by atoms with Crippen molar-refractivity contribution in [3.63, 3.8) is 0 Å². The number of nitrogens with two attached hydrogens (primary N) is 1. The van der Waals surface area contributed by atoms with Crippen molar-refractivity contribution in [3.05, 3.63) is 76.3 Å². The normalized spacial score (nSPS) is 16.6. The van der Waals surface area contributed by atoms with Crippen LogP contribution in [0.3, 0.4) is 0 Å². The predicted molar refractivity (Wildman–Crippen MR) is 258 cm³/mol. The Kier molecular flexibility index (Phi) is 22.6. The van der Waals surface area contributed by atoms with E-state index >= 15 is 0 Å². The number of allylic oxidation sites excluding steroid dienone is 1. The van der Waals surface area contributed by atoms with Crippen molar-refractivity contribution in [2.45, 2.75) is 143 Å². The van der Waals surface area contributed by atoms with Gasteiger partial charge < -0.3 is 51.6 Å². The van der Waals surface area contributed by atoms with Crippen LogP contribution in [0.4, 0.5) is 0 Å². The zero-order valence-corrected chi connectivity index (χ0v) is 41.9. The molecule has 1 heterocycles. The van der Waals surface area contributed by atoms with Crippen molar-refractivity contribution in [2.75, 3.05) is 13.7 Å². The molecule has 380 valence electrons. The second kappa shape index (κ2) is 27.2. The van der Waals surface area contributed by atoms with Gasteiger partial charge in [0, 0.05) is 32.4 Å². The lowest BCUT2D eigenvalue weighted by atomic mass is 9.93. The fourth-order valence-corrected chi connectivity index (χ4v) is 7.48. The number of hydrogen-bond acceptors (Lipinski definition) is 11. The maximum atomic E-state index is 13.6. The molecule has 1 saturated heterocycles. The molecule has 2 aromatic carbocycles. The highest BCUT2D eigenvalue weighted by molar-refractivity contribution is 6.32. The molecule has 0 aromatic heterocycles. The zero-order valence-electron chi connectivity index (χ0n) is 41.1. The van der Waals surface area contributed by atoms with Gasteiger partial charge in [0.15, 0.2) is 6.10 Å². The summed E-state index contributed by atoms with van der Waals surface area (Å²) in [6.45, 7) is 13.9. The Morgan fingerprint density at radius 3 is 2.13 bits per heavy atom. The van der Waals surface area contributed by atoms with Crippen LogP contribution in [0, 0.1) is 23.2 Å². The third-order valence-corrected chi connectivity index (χ3v) is 11.8. The van der Waals surface area contributed by atoms with E-state index in [0.717, 1.165) is 11.1 Å². The van der Waals surface area contributed by atoms with Gasteiger partial charge in [-0.15, -0.1) is 0 Å². The number of benzene rings is 2. The van der Waals surface area contributed by atoms with Crippen molar-refractivity contribution in [1.29, 1.82) is 0 Å². The highest BCUT2D eigenvalue weighted by Crippen LogP contribution is 2.44. The Morgan fingerprint density at radius 1 is 0.870 bits per heavy atom. The van der Waals surface area contributed by atoms with E-state index in [4.69, 9.17) is 31.5 Å². The van der Waals surface area contributed by atoms with Crippen molar-refractivity contribution in [2.24, 2.45) is 28.9 Å². The number of carbonyl (C=O) groups is 8. The third kappa shape index (κ3) is 19.5. The number of rotatable bonds is 29. The summed E-state index contributed by atoms with van der Waals surface area (Å²) in [6.07, 6.45) is 3.47. The van der Waals surface area contributed by atoms with Gasteiger partial charge in [-0.05, 0) is 99.1 Å². The summed E-state index contributed by atoms with van der Waals surface area (Å²) in [5.74, 6) is -4.61. The van der Waals surface area contributed by atoms with E-state index in [-0.39, 0.29) is 81.1 Å². The monoisotopic (exact) mass is 982 g/mol. The van der Waals surface area contributed by atoms with E-state index in [0.29, 0.717) is 29.2 Å². The molecule has 8 N–H and O–H groups in total. The molecule has 0 bridgehead atoms. The number of hydrogen-bond donors (Lipinski definition) is 7. The lowest BCUT2D eigenvalue weighted by molar-refractivity contribution is -0.171. The molecule has 19 heteroatoms. The number of ether oxygens (including phenoxy) is 3. The number of halogens is 1. The molecular weight excluding hydrogens is 912 g/mol. The van der Waals surface area contributed by atoms with E-state index in [1.807, 2.05) is 38.1 Å². The molecule has 0 spiro atoms. The topological polar surface area (TPSA) is 274 Å². The molecule has 1 fully saturated rings. The first-order valence-corrected chi connectivity index (χ1v) is 23.7. The Labute approximate surface area is 409 Å². The Balaban J connectivity index is 1.50. The minimum Gasteiger partial charge on any atom is -0.495 e. The SMILES string of the molecule is COc1ccc(C[C@@H](NC(=O)/C=C/CCC(C)C2OC2c2ccc(CNC(=O)C(C)NC(=O)[C@@H](NC(=O)CCCC(N)=O)C(C)C)cc2)C(=O)NCC(C)(C)C(=O)O[C@@H](CC(C)C)C(=O)O)cc1Cl. The van der Waals surface area contributed by atoms with E-state index in [9.17, 15) is 43.5 Å². The minimum absolute atomic E-state index is 0.0343. The van der Waals surface area contributed by atoms with Crippen molar-refractivity contribution in [3.8, 4) is 5.75 Å². The first-order valence-electron chi connectivity index (χ1n) is 23.3. The molecule has 0 saturated carbocycles. The number of esters is 1. The fraction of sp³-hybridized carbons (Fsp3) is 0.560. The number of primary amides is 1. The quantitative estimate of drug-likeness (QED) is 0.0335. The van der Waals surface area contributed by atoms with E-state index in [1.54, 1.807) is 45.0 Å². The van der Waals surface area contributed by atoms with Gasteiger partial charge in [-0.3, -0.25) is 33.6 Å². The Morgan fingerprint density at radius 2 is 1.54 bits per heavy atom. The van der Waals surface area contributed by atoms with Crippen LogP contribution in [0.5, 0.6) is 5.75 Å². The third-order valence-electron chi connectivity index (χ3n) is 11.5. The second-order valence-corrected chi connectivity index (χ2v) is 19.4. The highest BCUT2D eigenvalue weighted by Gasteiger charge is 2.43. The molecule has 0 radical (unpaired) electrons. The maximum Gasteiger partial charge on any atom is 0.345 e. The lowest BCUT2D eigenvalue weighted by Gasteiger charge is -2.27.